The van der Waals surface area contributed by atoms with E-state index in [-0.39, 0.29) is 0 Å². The summed E-state index contributed by atoms with van der Waals surface area (Å²) in [4.78, 5) is 11.2. The van der Waals surface area contributed by atoms with E-state index in [2.05, 4.69) is 28.7 Å². The Morgan fingerprint density at radius 1 is 1.11 bits per heavy atom. The molecule has 3 heteroatoms. The molecule has 1 fully saturated rings. The third-order valence-electron chi connectivity index (χ3n) is 3.57. The number of anilines is 1. The number of aryl methyl sites for hydroxylation is 1. The van der Waals surface area contributed by atoms with Crippen LogP contribution in [0.3, 0.4) is 0 Å². The molecule has 0 amide bonds. The van der Waals surface area contributed by atoms with Crippen LogP contribution in [0.15, 0.2) is 12.4 Å². The quantitative estimate of drug-likeness (QED) is 0.818. The Labute approximate surface area is 112 Å². The van der Waals surface area contributed by atoms with Gasteiger partial charge in [0.15, 0.2) is 0 Å². The Kier molecular flexibility index (Phi) is 6.69. The highest BCUT2D eigenvalue weighted by Crippen LogP contribution is 2.22. The van der Waals surface area contributed by atoms with Crippen LogP contribution in [0.2, 0.25) is 0 Å². The van der Waals surface area contributed by atoms with E-state index < -0.39 is 0 Å². The molecule has 0 radical (unpaired) electrons. The highest BCUT2D eigenvalue weighted by Gasteiger charge is 2.19. The SMILES string of the molecule is CC.CCc1cnc(N2CCC(CC)CC2)nc1. The van der Waals surface area contributed by atoms with E-state index >= 15 is 0 Å². The highest BCUT2D eigenvalue weighted by atomic mass is 15.2. The molecule has 0 spiro atoms. The van der Waals surface area contributed by atoms with Gasteiger partial charge < -0.3 is 4.90 Å². The highest BCUT2D eigenvalue weighted by molar-refractivity contribution is 5.30. The van der Waals surface area contributed by atoms with Gasteiger partial charge in [-0.25, -0.2) is 9.97 Å². The van der Waals surface area contributed by atoms with Crippen LogP contribution in [-0.4, -0.2) is 23.1 Å². The Hall–Kier alpha value is -1.12. The summed E-state index contributed by atoms with van der Waals surface area (Å²) in [6.45, 7) is 10.6. The topological polar surface area (TPSA) is 29.0 Å². The second kappa shape index (κ2) is 8.06. The lowest BCUT2D eigenvalue weighted by molar-refractivity contribution is 0.392. The maximum atomic E-state index is 4.44. The molecular formula is C15H27N3. The lowest BCUT2D eigenvalue weighted by Gasteiger charge is -2.31. The fourth-order valence-corrected chi connectivity index (χ4v) is 2.24. The van der Waals surface area contributed by atoms with Crippen molar-refractivity contribution in [1.29, 1.82) is 0 Å². The van der Waals surface area contributed by atoms with E-state index in [0.29, 0.717) is 0 Å². The standard InChI is InChI=1S/C13H21N3.C2H6/c1-3-11-5-7-16(8-6-11)13-14-9-12(4-2)10-15-13;1-2/h9-11H,3-8H2,1-2H3;1-2H3. The molecule has 1 aromatic heterocycles. The molecule has 3 nitrogen and oxygen atoms in total. The van der Waals surface area contributed by atoms with E-state index in [4.69, 9.17) is 0 Å². The van der Waals surface area contributed by atoms with E-state index in [1.54, 1.807) is 0 Å². The summed E-state index contributed by atoms with van der Waals surface area (Å²) in [5.41, 5.74) is 1.21. The van der Waals surface area contributed by atoms with Crippen LogP contribution >= 0.6 is 0 Å². The first-order valence-corrected chi connectivity index (χ1v) is 7.39. The van der Waals surface area contributed by atoms with Crippen LogP contribution in [0.1, 0.15) is 52.5 Å². The summed E-state index contributed by atoms with van der Waals surface area (Å²) in [6, 6.07) is 0. The Balaban J connectivity index is 0.000000771. The summed E-state index contributed by atoms with van der Waals surface area (Å²) in [7, 11) is 0. The monoisotopic (exact) mass is 249 g/mol. The van der Waals surface area contributed by atoms with Crippen molar-refractivity contribution in [2.24, 2.45) is 5.92 Å². The van der Waals surface area contributed by atoms with E-state index in [1.165, 1.54) is 24.8 Å². The van der Waals surface area contributed by atoms with Gasteiger partial charge in [0.1, 0.15) is 0 Å². The van der Waals surface area contributed by atoms with Crippen LogP contribution in [0.5, 0.6) is 0 Å². The molecule has 1 aliphatic heterocycles. The van der Waals surface area contributed by atoms with Gasteiger partial charge in [-0.2, -0.15) is 0 Å². The molecule has 0 saturated carbocycles. The van der Waals surface area contributed by atoms with Crippen molar-refractivity contribution in [2.45, 2.75) is 53.4 Å². The molecule has 1 aromatic rings. The number of hydrogen-bond acceptors (Lipinski definition) is 3. The Morgan fingerprint density at radius 2 is 1.67 bits per heavy atom. The maximum absolute atomic E-state index is 4.44. The number of aromatic nitrogens is 2. The molecule has 18 heavy (non-hydrogen) atoms. The summed E-state index contributed by atoms with van der Waals surface area (Å²) >= 11 is 0. The minimum atomic E-state index is 0.908. The smallest absolute Gasteiger partial charge is 0.225 e. The van der Waals surface area contributed by atoms with Crippen molar-refractivity contribution < 1.29 is 0 Å². The minimum Gasteiger partial charge on any atom is -0.341 e. The molecule has 1 saturated heterocycles. The van der Waals surface area contributed by atoms with Gasteiger partial charge in [-0.15, -0.1) is 0 Å². The van der Waals surface area contributed by atoms with Crippen LogP contribution in [0.25, 0.3) is 0 Å². The largest absolute Gasteiger partial charge is 0.341 e. The zero-order valence-electron chi connectivity index (χ0n) is 12.3. The van der Waals surface area contributed by atoms with Crippen LogP contribution < -0.4 is 4.90 Å². The third-order valence-corrected chi connectivity index (χ3v) is 3.57. The first kappa shape index (κ1) is 14.9. The van der Waals surface area contributed by atoms with Crippen LogP contribution in [-0.2, 0) is 6.42 Å². The van der Waals surface area contributed by atoms with E-state index in [9.17, 15) is 0 Å². The van der Waals surface area contributed by atoms with Gasteiger partial charge in [-0.1, -0.05) is 34.1 Å². The fraction of sp³-hybridized carbons (Fsp3) is 0.733. The van der Waals surface area contributed by atoms with Crippen LogP contribution in [0, 0.1) is 5.92 Å². The number of hydrogen-bond donors (Lipinski definition) is 0. The lowest BCUT2D eigenvalue weighted by Crippen LogP contribution is -2.34. The van der Waals surface area contributed by atoms with Crippen molar-refractivity contribution in [3.05, 3.63) is 18.0 Å². The molecular weight excluding hydrogens is 222 g/mol. The number of rotatable bonds is 3. The first-order chi connectivity index (χ1) is 8.83. The molecule has 2 rings (SSSR count). The summed E-state index contributed by atoms with van der Waals surface area (Å²) in [5, 5.41) is 0. The minimum absolute atomic E-state index is 0.908. The molecule has 0 aliphatic carbocycles. The molecule has 0 N–H and O–H groups in total. The zero-order valence-corrected chi connectivity index (χ0v) is 12.3. The molecule has 0 aromatic carbocycles. The Morgan fingerprint density at radius 3 is 2.11 bits per heavy atom. The van der Waals surface area contributed by atoms with E-state index in [1.807, 2.05) is 26.2 Å². The van der Waals surface area contributed by atoms with Gasteiger partial charge in [0, 0.05) is 25.5 Å². The van der Waals surface area contributed by atoms with E-state index in [0.717, 1.165) is 31.4 Å². The van der Waals surface area contributed by atoms with Gasteiger partial charge in [0.2, 0.25) is 5.95 Å². The van der Waals surface area contributed by atoms with Crippen molar-refractivity contribution in [1.82, 2.24) is 9.97 Å². The van der Waals surface area contributed by atoms with Gasteiger partial charge in [-0.05, 0) is 30.7 Å². The molecule has 2 heterocycles. The second-order valence-electron chi connectivity index (χ2n) is 4.58. The zero-order chi connectivity index (χ0) is 13.4. The Bertz CT molecular complexity index is 313. The summed E-state index contributed by atoms with van der Waals surface area (Å²) in [5.74, 6) is 1.82. The predicted molar refractivity (Wildman–Crippen MR) is 78.0 cm³/mol. The summed E-state index contributed by atoms with van der Waals surface area (Å²) in [6.07, 6.45) is 8.80. The maximum Gasteiger partial charge on any atom is 0.225 e. The normalized spacial score (nSPS) is 16.1. The predicted octanol–water partition coefficient (Wildman–Crippen LogP) is 3.69. The van der Waals surface area contributed by atoms with Crippen LogP contribution in [0.4, 0.5) is 5.95 Å². The fourth-order valence-electron chi connectivity index (χ4n) is 2.24. The van der Waals surface area contributed by atoms with Gasteiger partial charge >= 0.3 is 0 Å². The molecule has 0 atom stereocenters. The molecule has 0 bridgehead atoms. The molecule has 0 unspecified atom stereocenters. The lowest BCUT2D eigenvalue weighted by atomic mass is 9.95. The number of piperidine rings is 1. The summed E-state index contributed by atoms with van der Waals surface area (Å²) < 4.78 is 0. The molecule has 102 valence electrons. The van der Waals surface area contributed by atoms with Crippen molar-refractivity contribution in [3.8, 4) is 0 Å². The average Bonchev–Trinajstić information content (AvgIpc) is 2.49. The van der Waals surface area contributed by atoms with Crippen molar-refractivity contribution >= 4 is 5.95 Å². The van der Waals surface area contributed by atoms with Gasteiger partial charge in [0.25, 0.3) is 0 Å². The first-order valence-electron chi connectivity index (χ1n) is 7.39. The van der Waals surface area contributed by atoms with Gasteiger partial charge in [0.05, 0.1) is 0 Å². The van der Waals surface area contributed by atoms with Crippen molar-refractivity contribution in [2.75, 3.05) is 18.0 Å². The average molecular weight is 249 g/mol. The number of nitrogens with zero attached hydrogens (tertiary/aromatic N) is 3. The van der Waals surface area contributed by atoms with Crippen molar-refractivity contribution in [3.63, 3.8) is 0 Å². The van der Waals surface area contributed by atoms with Gasteiger partial charge in [-0.3, -0.25) is 0 Å². The third kappa shape index (κ3) is 3.97. The second-order valence-corrected chi connectivity index (χ2v) is 4.58. The molecule has 1 aliphatic rings.